The maximum atomic E-state index is 13.4. The van der Waals surface area contributed by atoms with Crippen molar-refractivity contribution in [1.29, 1.82) is 0 Å². The smallest absolute Gasteiger partial charge is 0.214 e. The number of anilines is 1. The number of quaternary nitrogens is 1. The van der Waals surface area contributed by atoms with E-state index >= 15 is 0 Å². The van der Waals surface area contributed by atoms with Gasteiger partial charge in [-0.25, -0.2) is 9.07 Å². The average Bonchev–Trinajstić information content (AvgIpc) is 3.30. The summed E-state index contributed by atoms with van der Waals surface area (Å²) in [6, 6.07) is 21.5. The molecule has 1 fully saturated rings. The van der Waals surface area contributed by atoms with Gasteiger partial charge >= 0.3 is 0 Å². The van der Waals surface area contributed by atoms with Crippen molar-refractivity contribution >= 4 is 17.3 Å². The molecule has 1 aromatic heterocycles. The van der Waals surface area contributed by atoms with E-state index in [1.54, 1.807) is 28.9 Å². The minimum absolute atomic E-state index is 0.0744. The monoisotopic (exact) mass is 479 g/mol. The van der Waals surface area contributed by atoms with Gasteiger partial charge in [0.2, 0.25) is 5.82 Å². The summed E-state index contributed by atoms with van der Waals surface area (Å²) in [5.41, 5.74) is 3.12. The maximum Gasteiger partial charge on any atom is 0.214 e. The Labute approximate surface area is 202 Å². The van der Waals surface area contributed by atoms with E-state index in [-0.39, 0.29) is 17.6 Å². The fourth-order valence-corrected chi connectivity index (χ4v) is 4.65. The minimum Gasteiger partial charge on any atom is -0.508 e. The number of phenols is 1. The van der Waals surface area contributed by atoms with Gasteiger partial charge in [-0.15, -0.1) is 5.10 Å². The highest BCUT2D eigenvalue weighted by Crippen LogP contribution is 2.22. The number of nitrogens with zero attached hydrogens (tertiary/aromatic N) is 5. The van der Waals surface area contributed by atoms with Crippen molar-refractivity contribution in [2.24, 2.45) is 0 Å². The molecule has 0 spiro atoms. The predicted octanol–water partition coefficient (Wildman–Crippen LogP) is 2.71. The van der Waals surface area contributed by atoms with Crippen molar-refractivity contribution in [3.05, 3.63) is 101 Å². The van der Waals surface area contributed by atoms with E-state index in [2.05, 4.69) is 20.4 Å². The summed E-state index contributed by atoms with van der Waals surface area (Å²) < 4.78 is 15.2. The second-order valence-corrected chi connectivity index (χ2v) is 8.90. The van der Waals surface area contributed by atoms with Crippen LogP contribution < -0.4 is 9.80 Å². The summed E-state index contributed by atoms with van der Waals surface area (Å²) in [5.74, 6) is 0.763. The number of nitrogens with one attached hydrogen (secondary N) is 1. The van der Waals surface area contributed by atoms with Crippen molar-refractivity contribution < 1.29 is 14.4 Å². The van der Waals surface area contributed by atoms with E-state index in [1.165, 1.54) is 17.0 Å². The van der Waals surface area contributed by atoms with E-state index < -0.39 is 0 Å². The van der Waals surface area contributed by atoms with Crippen LogP contribution in [0.3, 0.4) is 0 Å². The standard InChI is InChI=1S/C25H24ClFN6O/c26-20-5-3-19(4-6-20)24(25-28-29-30-33(25)17-18-1-7-21(27)8-2-18)32-15-13-31(14-16-32)22-9-11-23(34)12-10-22/h1-12,24,34H,13-17H2/p+1/t24-/m1/s1. The molecule has 1 saturated heterocycles. The number of halogens is 2. The number of benzene rings is 3. The molecule has 1 aliphatic heterocycles. The molecule has 34 heavy (non-hydrogen) atoms. The lowest BCUT2D eigenvalue weighted by atomic mass is 10.0. The predicted molar refractivity (Wildman–Crippen MR) is 128 cm³/mol. The fraction of sp³-hybridized carbons (Fsp3) is 0.240. The van der Waals surface area contributed by atoms with Crippen LogP contribution in [-0.4, -0.2) is 51.5 Å². The van der Waals surface area contributed by atoms with Crippen molar-refractivity contribution in [2.45, 2.75) is 12.6 Å². The SMILES string of the molecule is Oc1ccc(N2CC[NH+]([C@H](c3ccc(Cl)cc3)c3nnnn3Cc3ccc(F)cc3)CC2)cc1. The lowest BCUT2D eigenvalue weighted by Gasteiger charge is -2.37. The van der Waals surface area contributed by atoms with Crippen molar-refractivity contribution in [3.8, 4) is 5.75 Å². The molecule has 0 amide bonds. The van der Waals surface area contributed by atoms with Gasteiger partial charge < -0.3 is 14.9 Å². The van der Waals surface area contributed by atoms with Crippen molar-refractivity contribution in [1.82, 2.24) is 20.2 Å². The van der Waals surface area contributed by atoms with Crippen molar-refractivity contribution in [3.63, 3.8) is 0 Å². The Hall–Kier alpha value is -3.49. The van der Waals surface area contributed by atoms with E-state index in [0.717, 1.165) is 48.8 Å². The average molecular weight is 480 g/mol. The quantitative estimate of drug-likeness (QED) is 0.445. The number of tetrazole rings is 1. The molecule has 2 heterocycles. The van der Waals surface area contributed by atoms with Gasteiger partial charge in [0, 0.05) is 16.3 Å². The van der Waals surface area contributed by atoms with E-state index in [9.17, 15) is 9.50 Å². The van der Waals surface area contributed by atoms with Crippen LogP contribution in [0.2, 0.25) is 5.02 Å². The molecule has 7 nitrogen and oxygen atoms in total. The van der Waals surface area contributed by atoms with Crippen LogP contribution in [-0.2, 0) is 6.54 Å². The summed E-state index contributed by atoms with van der Waals surface area (Å²) in [5, 5.41) is 22.9. The Balaban J connectivity index is 1.41. The number of piperazine rings is 1. The molecular weight excluding hydrogens is 455 g/mol. The number of hydrogen-bond donors (Lipinski definition) is 2. The molecular formula is C25H25ClFN6O+. The molecule has 0 unspecified atom stereocenters. The van der Waals surface area contributed by atoms with Gasteiger partial charge in [-0.1, -0.05) is 35.9 Å². The molecule has 174 valence electrons. The van der Waals surface area contributed by atoms with Crippen LogP contribution >= 0.6 is 11.6 Å². The first-order chi connectivity index (χ1) is 16.6. The third-order valence-electron chi connectivity index (χ3n) is 6.30. The van der Waals surface area contributed by atoms with Gasteiger partial charge in [-0.3, -0.25) is 0 Å². The third kappa shape index (κ3) is 4.88. The molecule has 1 aliphatic rings. The normalized spacial score (nSPS) is 15.4. The second kappa shape index (κ2) is 9.79. The van der Waals surface area contributed by atoms with Gasteiger partial charge in [0.15, 0.2) is 6.04 Å². The summed E-state index contributed by atoms with van der Waals surface area (Å²) in [4.78, 5) is 3.68. The summed E-state index contributed by atoms with van der Waals surface area (Å²) in [7, 11) is 0. The highest BCUT2D eigenvalue weighted by Gasteiger charge is 2.34. The molecule has 0 bridgehead atoms. The lowest BCUT2D eigenvalue weighted by molar-refractivity contribution is -0.927. The zero-order chi connectivity index (χ0) is 23.5. The summed E-state index contributed by atoms with van der Waals surface area (Å²) in [6.45, 7) is 3.96. The fourth-order valence-electron chi connectivity index (χ4n) is 4.52. The molecule has 4 aromatic rings. The number of hydrogen-bond acceptors (Lipinski definition) is 5. The lowest BCUT2D eigenvalue weighted by Crippen LogP contribution is -3.15. The van der Waals surface area contributed by atoms with Crippen LogP contribution in [0.15, 0.2) is 72.8 Å². The minimum atomic E-state index is -0.268. The number of aromatic nitrogens is 4. The van der Waals surface area contributed by atoms with Gasteiger partial charge in [0.1, 0.15) is 11.6 Å². The van der Waals surface area contributed by atoms with Crippen LogP contribution in [0.4, 0.5) is 10.1 Å². The summed E-state index contributed by atoms with van der Waals surface area (Å²) >= 11 is 6.17. The molecule has 0 radical (unpaired) electrons. The van der Waals surface area contributed by atoms with Gasteiger partial charge in [0.25, 0.3) is 0 Å². The molecule has 1 atom stereocenters. The van der Waals surface area contributed by atoms with Crippen LogP contribution in [0.5, 0.6) is 5.75 Å². The first-order valence-corrected chi connectivity index (χ1v) is 11.6. The number of aromatic hydroxyl groups is 1. The van der Waals surface area contributed by atoms with Gasteiger partial charge in [-0.05, 0) is 64.5 Å². The number of rotatable bonds is 6. The second-order valence-electron chi connectivity index (χ2n) is 8.47. The van der Waals surface area contributed by atoms with Gasteiger partial charge in [0.05, 0.1) is 32.7 Å². The van der Waals surface area contributed by atoms with E-state index in [1.807, 2.05) is 36.4 Å². The highest BCUT2D eigenvalue weighted by molar-refractivity contribution is 6.30. The Morgan fingerprint density at radius 1 is 0.941 bits per heavy atom. The third-order valence-corrected chi connectivity index (χ3v) is 6.55. The Morgan fingerprint density at radius 2 is 1.62 bits per heavy atom. The molecule has 5 rings (SSSR count). The Morgan fingerprint density at radius 3 is 2.29 bits per heavy atom. The molecule has 0 saturated carbocycles. The first-order valence-electron chi connectivity index (χ1n) is 11.2. The molecule has 0 aliphatic carbocycles. The Kier molecular flexibility index (Phi) is 6.42. The summed E-state index contributed by atoms with van der Waals surface area (Å²) in [6.07, 6.45) is 0. The first kappa shape index (κ1) is 22.3. The zero-order valence-electron chi connectivity index (χ0n) is 18.5. The highest BCUT2D eigenvalue weighted by atomic mass is 35.5. The zero-order valence-corrected chi connectivity index (χ0v) is 19.2. The van der Waals surface area contributed by atoms with Crippen LogP contribution in [0, 0.1) is 5.82 Å². The topological polar surface area (TPSA) is 71.5 Å². The van der Waals surface area contributed by atoms with Crippen LogP contribution in [0.25, 0.3) is 0 Å². The maximum absolute atomic E-state index is 13.4. The van der Waals surface area contributed by atoms with Crippen LogP contribution in [0.1, 0.15) is 23.0 Å². The van der Waals surface area contributed by atoms with Crippen molar-refractivity contribution in [2.75, 3.05) is 31.1 Å². The van der Waals surface area contributed by atoms with E-state index in [0.29, 0.717) is 11.6 Å². The largest absolute Gasteiger partial charge is 0.508 e. The van der Waals surface area contributed by atoms with E-state index in [4.69, 9.17) is 11.6 Å². The molecule has 9 heteroatoms. The molecule has 2 N–H and O–H groups in total. The molecule has 3 aromatic carbocycles. The van der Waals surface area contributed by atoms with Gasteiger partial charge in [-0.2, -0.15) is 0 Å². The number of phenolic OH excluding ortho intramolecular Hbond substituents is 1. The Bertz CT molecular complexity index is 1220.